The van der Waals surface area contributed by atoms with Gasteiger partial charge in [-0.2, -0.15) is 0 Å². The number of imidazole rings is 1. The fourth-order valence-corrected chi connectivity index (χ4v) is 3.23. The van der Waals surface area contributed by atoms with Crippen LogP contribution in [0.3, 0.4) is 0 Å². The molecular formula is C14H17N3O3S. The molecule has 0 saturated carbocycles. The van der Waals surface area contributed by atoms with Crippen molar-refractivity contribution in [3.63, 3.8) is 0 Å². The van der Waals surface area contributed by atoms with Crippen molar-refractivity contribution in [2.24, 2.45) is 7.05 Å². The fraction of sp³-hybridized carbons (Fsp3) is 0.286. The molecule has 1 N–H and O–H groups in total. The monoisotopic (exact) mass is 307 g/mol. The third kappa shape index (κ3) is 3.30. The lowest BCUT2D eigenvalue weighted by molar-refractivity contribution is -0.113. The van der Waals surface area contributed by atoms with E-state index in [1.54, 1.807) is 13.1 Å². The Labute approximate surface area is 123 Å². The molecule has 0 atom stereocenters. The quantitative estimate of drug-likeness (QED) is 0.927. The summed E-state index contributed by atoms with van der Waals surface area (Å²) in [6, 6.07) is 5.48. The number of aromatic nitrogens is 2. The zero-order valence-electron chi connectivity index (χ0n) is 12.1. The second-order valence-corrected chi connectivity index (χ2v) is 6.76. The van der Waals surface area contributed by atoms with E-state index in [2.05, 4.69) is 10.3 Å². The van der Waals surface area contributed by atoms with E-state index in [9.17, 15) is 13.2 Å². The van der Waals surface area contributed by atoms with E-state index in [0.29, 0.717) is 5.69 Å². The van der Waals surface area contributed by atoms with Crippen LogP contribution in [-0.4, -0.2) is 29.6 Å². The van der Waals surface area contributed by atoms with Crippen molar-refractivity contribution < 1.29 is 13.2 Å². The zero-order chi connectivity index (χ0) is 15.6. The molecule has 2 rings (SSSR count). The maximum absolute atomic E-state index is 12.1. The van der Waals surface area contributed by atoms with Gasteiger partial charge in [-0.15, -0.1) is 0 Å². The Bertz CT molecular complexity index is 779. The molecule has 0 aliphatic carbocycles. The van der Waals surface area contributed by atoms with Crippen LogP contribution in [0.2, 0.25) is 0 Å². The summed E-state index contributed by atoms with van der Waals surface area (Å²) in [6.07, 6.45) is 2.91. The molecule has 0 radical (unpaired) electrons. The van der Waals surface area contributed by atoms with Crippen LogP contribution in [0.25, 0.3) is 0 Å². The van der Waals surface area contributed by atoms with Crippen LogP contribution in [0.5, 0.6) is 0 Å². The summed E-state index contributed by atoms with van der Waals surface area (Å²) in [4.78, 5) is 15.7. The van der Waals surface area contributed by atoms with Crippen molar-refractivity contribution in [3.05, 3.63) is 41.7 Å². The summed E-state index contributed by atoms with van der Waals surface area (Å²) in [5, 5.41) is 2.52. The van der Waals surface area contributed by atoms with E-state index < -0.39 is 21.5 Å². The molecule has 2 aromatic rings. The van der Waals surface area contributed by atoms with Crippen molar-refractivity contribution in [2.45, 2.75) is 19.0 Å². The van der Waals surface area contributed by atoms with Crippen molar-refractivity contribution in [1.29, 1.82) is 0 Å². The SMILES string of the molecule is Cc1cccc(NC(=O)CS(=O)(=O)c2nccn2C)c1C. The Hall–Kier alpha value is -2.15. The number of aryl methyl sites for hydroxylation is 2. The van der Waals surface area contributed by atoms with E-state index in [4.69, 9.17) is 0 Å². The second kappa shape index (κ2) is 5.69. The number of benzene rings is 1. The predicted octanol–water partition coefficient (Wildman–Crippen LogP) is 1.45. The number of amides is 1. The van der Waals surface area contributed by atoms with Gasteiger partial charge in [0.2, 0.25) is 20.9 Å². The minimum atomic E-state index is -3.75. The minimum Gasteiger partial charge on any atom is -0.325 e. The first kappa shape index (κ1) is 15.2. The number of anilines is 1. The molecule has 0 aliphatic rings. The standard InChI is InChI=1S/C14H17N3O3S/c1-10-5-4-6-12(11(10)2)16-13(18)9-21(19,20)14-15-7-8-17(14)3/h4-8H,9H2,1-3H3,(H,16,18). The van der Waals surface area contributed by atoms with Crippen LogP contribution in [0.15, 0.2) is 35.7 Å². The number of hydrogen-bond acceptors (Lipinski definition) is 4. The molecule has 1 heterocycles. The highest BCUT2D eigenvalue weighted by Crippen LogP contribution is 2.18. The lowest BCUT2D eigenvalue weighted by Crippen LogP contribution is -2.25. The summed E-state index contributed by atoms with van der Waals surface area (Å²) in [5.74, 6) is -1.21. The molecule has 0 bridgehead atoms. The van der Waals surface area contributed by atoms with Crippen LogP contribution >= 0.6 is 0 Å². The topological polar surface area (TPSA) is 81.1 Å². The number of carbonyl (C=O) groups excluding carboxylic acids is 1. The Kier molecular flexibility index (Phi) is 4.13. The molecule has 6 nitrogen and oxygen atoms in total. The molecule has 0 fully saturated rings. The van der Waals surface area contributed by atoms with Gasteiger partial charge >= 0.3 is 0 Å². The van der Waals surface area contributed by atoms with Gasteiger partial charge in [-0.05, 0) is 31.0 Å². The Morgan fingerprint density at radius 2 is 2.05 bits per heavy atom. The van der Waals surface area contributed by atoms with Gasteiger partial charge in [-0.3, -0.25) is 4.79 Å². The van der Waals surface area contributed by atoms with Gasteiger partial charge in [-0.1, -0.05) is 12.1 Å². The summed E-state index contributed by atoms with van der Waals surface area (Å²) in [5.41, 5.74) is 2.56. The molecule has 112 valence electrons. The summed E-state index contributed by atoms with van der Waals surface area (Å²) >= 11 is 0. The molecule has 1 aromatic carbocycles. The van der Waals surface area contributed by atoms with E-state index >= 15 is 0 Å². The molecule has 0 unspecified atom stereocenters. The van der Waals surface area contributed by atoms with Gasteiger partial charge in [0.1, 0.15) is 5.75 Å². The molecular weight excluding hydrogens is 290 g/mol. The van der Waals surface area contributed by atoms with Gasteiger partial charge in [-0.25, -0.2) is 13.4 Å². The maximum Gasteiger partial charge on any atom is 0.240 e. The minimum absolute atomic E-state index is 0.112. The van der Waals surface area contributed by atoms with Crippen LogP contribution < -0.4 is 5.32 Å². The van der Waals surface area contributed by atoms with Gasteiger partial charge in [0.05, 0.1) is 0 Å². The third-order valence-electron chi connectivity index (χ3n) is 3.25. The maximum atomic E-state index is 12.1. The van der Waals surface area contributed by atoms with Crippen LogP contribution in [0.4, 0.5) is 5.69 Å². The van der Waals surface area contributed by atoms with E-state index in [1.807, 2.05) is 26.0 Å². The molecule has 1 aromatic heterocycles. The smallest absolute Gasteiger partial charge is 0.240 e. The normalized spacial score (nSPS) is 11.4. The van der Waals surface area contributed by atoms with Gasteiger partial charge in [0, 0.05) is 25.1 Å². The lowest BCUT2D eigenvalue weighted by Gasteiger charge is -2.10. The lowest BCUT2D eigenvalue weighted by atomic mass is 10.1. The number of rotatable bonds is 4. The molecule has 21 heavy (non-hydrogen) atoms. The Morgan fingerprint density at radius 3 is 2.67 bits per heavy atom. The van der Waals surface area contributed by atoms with Gasteiger partial charge < -0.3 is 9.88 Å². The van der Waals surface area contributed by atoms with Crippen LogP contribution in [0, 0.1) is 13.8 Å². The summed E-state index contributed by atoms with van der Waals surface area (Å²) in [7, 11) is -2.18. The average molecular weight is 307 g/mol. The first-order valence-corrected chi connectivity index (χ1v) is 8.02. The number of nitrogens with one attached hydrogen (secondary N) is 1. The Balaban J connectivity index is 2.16. The number of sulfone groups is 1. The highest BCUT2D eigenvalue weighted by molar-refractivity contribution is 7.92. The summed E-state index contributed by atoms with van der Waals surface area (Å²) in [6.45, 7) is 3.80. The Morgan fingerprint density at radius 1 is 1.33 bits per heavy atom. The number of nitrogens with zero attached hydrogens (tertiary/aromatic N) is 2. The van der Waals surface area contributed by atoms with Crippen LogP contribution in [-0.2, 0) is 21.7 Å². The van der Waals surface area contributed by atoms with Crippen molar-refractivity contribution >= 4 is 21.4 Å². The number of hydrogen-bond donors (Lipinski definition) is 1. The van der Waals surface area contributed by atoms with Crippen LogP contribution in [0.1, 0.15) is 11.1 Å². The zero-order valence-corrected chi connectivity index (χ0v) is 12.9. The molecule has 0 saturated heterocycles. The highest BCUT2D eigenvalue weighted by Gasteiger charge is 2.23. The molecule has 1 amide bonds. The van der Waals surface area contributed by atoms with E-state index in [-0.39, 0.29) is 5.16 Å². The van der Waals surface area contributed by atoms with E-state index in [1.165, 1.54) is 17.0 Å². The number of carbonyl (C=O) groups is 1. The summed E-state index contributed by atoms with van der Waals surface area (Å²) < 4.78 is 25.6. The van der Waals surface area contributed by atoms with Crippen molar-refractivity contribution in [2.75, 3.05) is 11.1 Å². The van der Waals surface area contributed by atoms with Crippen molar-refractivity contribution in [1.82, 2.24) is 9.55 Å². The predicted molar refractivity (Wildman–Crippen MR) is 79.8 cm³/mol. The molecule has 7 heteroatoms. The first-order chi connectivity index (χ1) is 9.81. The first-order valence-electron chi connectivity index (χ1n) is 6.37. The molecule has 0 aliphatic heterocycles. The van der Waals surface area contributed by atoms with Crippen molar-refractivity contribution in [3.8, 4) is 0 Å². The molecule has 0 spiro atoms. The fourth-order valence-electron chi connectivity index (χ4n) is 1.96. The average Bonchev–Trinajstić information content (AvgIpc) is 2.81. The second-order valence-electron chi connectivity index (χ2n) is 4.88. The highest BCUT2D eigenvalue weighted by atomic mass is 32.2. The largest absolute Gasteiger partial charge is 0.325 e. The van der Waals surface area contributed by atoms with Gasteiger partial charge in [0.25, 0.3) is 0 Å². The van der Waals surface area contributed by atoms with Gasteiger partial charge in [0.15, 0.2) is 0 Å². The van der Waals surface area contributed by atoms with E-state index in [0.717, 1.165) is 11.1 Å². The third-order valence-corrected chi connectivity index (χ3v) is 4.85.